The predicted octanol–water partition coefficient (Wildman–Crippen LogP) is 2.18. The number of benzene rings is 2. The Kier molecular flexibility index (Phi) is 5.80. The molecule has 134 valence electrons. The van der Waals surface area contributed by atoms with E-state index < -0.39 is 15.8 Å². The predicted molar refractivity (Wildman–Crippen MR) is 93.2 cm³/mol. The maximum atomic E-state index is 13.8. The highest BCUT2D eigenvalue weighted by atomic mass is 32.2. The highest BCUT2D eigenvalue weighted by Crippen LogP contribution is 2.22. The molecule has 1 fully saturated rings. The van der Waals surface area contributed by atoms with Gasteiger partial charge in [0.1, 0.15) is 10.7 Å². The third-order valence-corrected chi connectivity index (χ3v) is 5.72. The van der Waals surface area contributed by atoms with Crippen molar-refractivity contribution < 1.29 is 17.5 Å². The van der Waals surface area contributed by atoms with E-state index >= 15 is 0 Å². The zero-order valence-corrected chi connectivity index (χ0v) is 14.6. The van der Waals surface area contributed by atoms with Crippen LogP contribution in [0.1, 0.15) is 11.6 Å². The number of morpholine rings is 1. The highest BCUT2D eigenvalue weighted by Gasteiger charge is 2.26. The smallest absolute Gasteiger partial charge is 0.243 e. The Morgan fingerprint density at radius 1 is 1.04 bits per heavy atom. The Labute approximate surface area is 147 Å². The molecule has 0 radical (unpaired) electrons. The molecule has 0 amide bonds. The molecule has 1 aliphatic rings. The van der Waals surface area contributed by atoms with E-state index in [4.69, 9.17) is 4.74 Å². The van der Waals surface area contributed by atoms with Crippen LogP contribution in [0.5, 0.6) is 0 Å². The van der Waals surface area contributed by atoms with Gasteiger partial charge in [0.25, 0.3) is 0 Å². The first-order valence-corrected chi connectivity index (χ1v) is 9.67. The van der Waals surface area contributed by atoms with Crippen LogP contribution in [0, 0.1) is 5.82 Å². The molecule has 0 saturated carbocycles. The summed E-state index contributed by atoms with van der Waals surface area (Å²) in [5.74, 6) is -0.752. The molecular formula is C18H21FN2O3S. The van der Waals surface area contributed by atoms with Gasteiger partial charge >= 0.3 is 0 Å². The van der Waals surface area contributed by atoms with Gasteiger partial charge < -0.3 is 4.74 Å². The van der Waals surface area contributed by atoms with Crippen LogP contribution in [0.3, 0.4) is 0 Å². The Morgan fingerprint density at radius 3 is 2.36 bits per heavy atom. The third-order valence-electron chi connectivity index (χ3n) is 4.26. The molecule has 1 aliphatic heterocycles. The maximum Gasteiger partial charge on any atom is 0.243 e. The quantitative estimate of drug-likeness (QED) is 0.854. The zero-order valence-electron chi connectivity index (χ0n) is 13.8. The lowest BCUT2D eigenvalue weighted by Gasteiger charge is -2.34. The van der Waals surface area contributed by atoms with Gasteiger partial charge in [0, 0.05) is 25.7 Å². The molecular weight excluding hydrogens is 343 g/mol. The topological polar surface area (TPSA) is 58.6 Å². The fourth-order valence-corrected chi connectivity index (χ4v) is 4.07. The lowest BCUT2D eigenvalue weighted by atomic mass is 10.1. The van der Waals surface area contributed by atoms with Gasteiger partial charge in [-0.15, -0.1) is 0 Å². The van der Waals surface area contributed by atoms with Gasteiger partial charge in [-0.2, -0.15) is 0 Å². The molecule has 1 heterocycles. The van der Waals surface area contributed by atoms with Gasteiger partial charge in [0.15, 0.2) is 0 Å². The molecule has 5 nitrogen and oxygen atoms in total. The van der Waals surface area contributed by atoms with Crippen molar-refractivity contribution in [3.8, 4) is 0 Å². The second-order valence-corrected chi connectivity index (χ2v) is 7.59. The maximum absolute atomic E-state index is 13.8. The van der Waals surface area contributed by atoms with Crippen LogP contribution < -0.4 is 4.72 Å². The van der Waals surface area contributed by atoms with Crippen LogP contribution in [-0.2, 0) is 14.8 Å². The average molecular weight is 364 g/mol. The molecule has 1 unspecified atom stereocenters. The summed E-state index contributed by atoms with van der Waals surface area (Å²) >= 11 is 0. The van der Waals surface area contributed by atoms with E-state index in [-0.39, 0.29) is 17.5 Å². The van der Waals surface area contributed by atoms with Gasteiger partial charge in [-0.1, -0.05) is 42.5 Å². The van der Waals surface area contributed by atoms with E-state index in [2.05, 4.69) is 9.62 Å². The van der Waals surface area contributed by atoms with Crippen molar-refractivity contribution >= 4 is 10.0 Å². The molecule has 7 heteroatoms. The van der Waals surface area contributed by atoms with E-state index in [0.29, 0.717) is 13.2 Å². The first kappa shape index (κ1) is 18.0. The summed E-state index contributed by atoms with van der Waals surface area (Å²) in [5, 5.41) is 0. The van der Waals surface area contributed by atoms with Crippen molar-refractivity contribution in [3.63, 3.8) is 0 Å². The molecule has 0 aliphatic carbocycles. The van der Waals surface area contributed by atoms with E-state index in [1.54, 1.807) is 0 Å². The number of sulfonamides is 1. The normalized spacial score (nSPS) is 17.3. The number of rotatable bonds is 6. The molecule has 0 aromatic heterocycles. The van der Waals surface area contributed by atoms with Crippen LogP contribution in [0.4, 0.5) is 4.39 Å². The van der Waals surface area contributed by atoms with Crippen LogP contribution in [0.15, 0.2) is 59.5 Å². The molecule has 0 bridgehead atoms. The first-order valence-electron chi connectivity index (χ1n) is 8.19. The van der Waals surface area contributed by atoms with Crippen molar-refractivity contribution in [2.24, 2.45) is 0 Å². The Morgan fingerprint density at radius 2 is 1.68 bits per heavy atom. The van der Waals surface area contributed by atoms with Crippen LogP contribution >= 0.6 is 0 Å². The zero-order chi connectivity index (χ0) is 17.7. The summed E-state index contributed by atoms with van der Waals surface area (Å²) in [4.78, 5) is 1.85. The van der Waals surface area contributed by atoms with E-state index in [0.717, 1.165) is 24.7 Å². The highest BCUT2D eigenvalue weighted by molar-refractivity contribution is 7.89. The van der Waals surface area contributed by atoms with Crippen molar-refractivity contribution in [1.82, 2.24) is 9.62 Å². The summed E-state index contributed by atoms with van der Waals surface area (Å²) in [6.07, 6.45) is 0. The van der Waals surface area contributed by atoms with Crippen LogP contribution in [0.2, 0.25) is 0 Å². The van der Waals surface area contributed by atoms with Crippen molar-refractivity contribution in [1.29, 1.82) is 0 Å². The summed E-state index contributed by atoms with van der Waals surface area (Å²) < 4.78 is 46.7. The Bertz CT molecular complexity index is 793. The lowest BCUT2D eigenvalue weighted by molar-refractivity contribution is 0.0172. The second-order valence-electron chi connectivity index (χ2n) is 5.86. The number of ether oxygens (including phenoxy) is 1. The summed E-state index contributed by atoms with van der Waals surface area (Å²) in [5.41, 5.74) is 1.01. The van der Waals surface area contributed by atoms with Gasteiger partial charge in [-0.05, 0) is 17.7 Å². The van der Waals surface area contributed by atoms with Crippen molar-refractivity contribution in [2.45, 2.75) is 10.9 Å². The number of hydrogen-bond donors (Lipinski definition) is 1. The van der Waals surface area contributed by atoms with E-state index in [1.165, 1.54) is 18.2 Å². The summed E-state index contributed by atoms with van der Waals surface area (Å²) in [7, 11) is -3.92. The average Bonchev–Trinajstić information content (AvgIpc) is 2.64. The lowest BCUT2D eigenvalue weighted by Crippen LogP contribution is -2.43. The number of nitrogens with zero attached hydrogens (tertiary/aromatic N) is 1. The molecule has 1 atom stereocenters. The number of halogens is 1. The largest absolute Gasteiger partial charge is 0.379 e. The van der Waals surface area contributed by atoms with Gasteiger partial charge in [-0.3, -0.25) is 4.90 Å². The third kappa shape index (κ3) is 4.43. The second kappa shape index (κ2) is 8.05. The number of nitrogens with one attached hydrogen (secondary N) is 1. The molecule has 0 spiro atoms. The van der Waals surface area contributed by atoms with Gasteiger partial charge in [0.2, 0.25) is 10.0 Å². The monoisotopic (exact) mass is 364 g/mol. The minimum atomic E-state index is -3.92. The molecule has 25 heavy (non-hydrogen) atoms. The number of hydrogen-bond acceptors (Lipinski definition) is 4. The molecule has 3 rings (SSSR count). The first-order chi connectivity index (χ1) is 12.1. The van der Waals surface area contributed by atoms with E-state index in [1.807, 2.05) is 30.3 Å². The van der Waals surface area contributed by atoms with Crippen LogP contribution in [-0.4, -0.2) is 46.2 Å². The van der Waals surface area contributed by atoms with Crippen molar-refractivity contribution in [2.75, 3.05) is 32.8 Å². The fraction of sp³-hybridized carbons (Fsp3) is 0.333. The molecule has 1 N–H and O–H groups in total. The fourth-order valence-electron chi connectivity index (χ4n) is 2.95. The van der Waals surface area contributed by atoms with E-state index in [9.17, 15) is 12.8 Å². The van der Waals surface area contributed by atoms with Crippen molar-refractivity contribution in [3.05, 3.63) is 66.0 Å². The van der Waals surface area contributed by atoms with Gasteiger partial charge in [-0.25, -0.2) is 17.5 Å². The minimum absolute atomic E-state index is 0.133. The molecule has 2 aromatic carbocycles. The minimum Gasteiger partial charge on any atom is -0.379 e. The Balaban J connectivity index is 1.80. The molecule has 1 saturated heterocycles. The SMILES string of the molecule is O=S(=O)(NCC(c1ccccc1)N1CCOCC1)c1ccccc1F. The standard InChI is InChI=1S/C18H21FN2O3S/c19-16-8-4-5-9-18(16)25(22,23)20-14-17(15-6-2-1-3-7-15)21-10-12-24-13-11-21/h1-9,17,20H,10-14H2. The molecule has 2 aromatic rings. The van der Waals surface area contributed by atoms with Gasteiger partial charge in [0.05, 0.1) is 13.2 Å². The van der Waals surface area contributed by atoms with Crippen LogP contribution in [0.25, 0.3) is 0 Å². The summed E-state index contributed by atoms with van der Waals surface area (Å²) in [6.45, 7) is 2.84. The summed E-state index contributed by atoms with van der Waals surface area (Å²) in [6, 6.07) is 15.0. The Hall–Kier alpha value is -1.80.